The number of aliphatic hydroxyl groups is 1. The van der Waals surface area contributed by atoms with Gasteiger partial charge in [-0.2, -0.15) is 0 Å². The van der Waals surface area contributed by atoms with Crippen molar-refractivity contribution >= 4 is 70.2 Å². The number of halogens is 2. The number of nitrogens with zero attached hydrogens (tertiary/aromatic N) is 3. The molecular formula is C58H74ClFN8O10S. The zero-order chi connectivity index (χ0) is 57.5. The number of aromatic nitrogens is 1. The molecule has 1 unspecified atom stereocenters. The van der Waals surface area contributed by atoms with Crippen LogP contribution in [-0.2, 0) is 52.8 Å². The van der Waals surface area contributed by atoms with Crippen LogP contribution in [0.3, 0.4) is 0 Å². The summed E-state index contributed by atoms with van der Waals surface area (Å²) >= 11 is 8.03. The number of ether oxygens (including phenoxy) is 2. The molecule has 0 radical (unpaired) electrons. The molecule has 7 rings (SSSR count). The molecule has 79 heavy (non-hydrogen) atoms. The Morgan fingerprint density at radius 1 is 0.937 bits per heavy atom. The van der Waals surface area contributed by atoms with E-state index in [2.05, 4.69) is 26.3 Å². The highest BCUT2D eigenvalue weighted by Crippen LogP contribution is 2.40. The molecular weight excluding hydrogens is 1060 g/mol. The lowest BCUT2D eigenvalue weighted by Gasteiger charge is -2.35. The third-order valence-corrected chi connectivity index (χ3v) is 15.6. The fourth-order valence-electron chi connectivity index (χ4n) is 10.4. The second kappa shape index (κ2) is 25.6. The number of nitrogens with two attached hydrogens (primary N) is 1. The van der Waals surface area contributed by atoms with E-state index in [-0.39, 0.29) is 80.3 Å². The van der Waals surface area contributed by atoms with Gasteiger partial charge in [-0.15, -0.1) is 11.3 Å². The first-order valence-corrected chi connectivity index (χ1v) is 28.2. The van der Waals surface area contributed by atoms with Crippen molar-refractivity contribution in [3.8, 4) is 16.2 Å². The summed E-state index contributed by atoms with van der Waals surface area (Å²) in [6, 6.07) is 11.1. The van der Waals surface area contributed by atoms with Crippen molar-refractivity contribution in [3.63, 3.8) is 0 Å². The number of nitrogens with one attached hydrogen (secondary N) is 4. The predicted molar refractivity (Wildman–Crippen MR) is 299 cm³/mol. The van der Waals surface area contributed by atoms with E-state index in [0.717, 1.165) is 32.8 Å². The topological polar surface area (TPSA) is 252 Å². The van der Waals surface area contributed by atoms with Gasteiger partial charge in [-0.3, -0.25) is 33.7 Å². The fraction of sp³-hybridized carbons (Fsp3) is 0.517. The number of anilines is 1. The van der Waals surface area contributed by atoms with Crippen LogP contribution in [0.5, 0.6) is 5.75 Å². The van der Waals surface area contributed by atoms with E-state index >= 15 is 4.39 Å². The highest BCUT2D eigenvalue weighted by Gasteiger charge is 2.46. The first kappa shape index (κ1) is 60.0. The van der Waals surface area contributed by atoms with Gasteiger partial charge in [0.2, 0.25) is 35.4 Å². The van der Waals surface area contributed by atoms with E-state index in [4.69, 9.17) is 26.8 Å². The summed E-state index contributed by atoms with van der Waals surface area (Å²) in [6.07, 6.45) is 0.922. The largest absolute Gasteiger partial charge is 0.488 e. The van der Waals surface area contributed by atoms with Gasteiger partial charge < -0.3 is 46.5 Å². The van der Waals surface area contributed by atoms with Gasteiger partial charge in [0, 0.05) is 43.3 Å². The van der Waals surface area contributed by atoms with Crippen molar-refractivity contribution in [2.24, 2.45) is 11.1 Å². The highest BCUT2D eigenvalue weighted by atomic mass is 35.5. The molecule has 7 amide bonds. The maximum absolute atomic E-state index is 16.2. The van der Waals surface area contributed by atoms with E-state index in [1.807, 2.05) is 77.1 Å². The van der Waals surface area contributed by atoms with Crippen LogP contribution >= 0.6 is 22.9 Å². The van der Waals surface area contributed by atoms with E-state index in [1.54, 1.807) is 37.6 Å². The zero-order valence-corrected chi connectivity index (χ0v) is 47.8. The Balaban J connectivity index is 0.915. The lowest BCUT2D eigenvalue weighted by molar-refractivity contribution is -0.144. The number of aryl methyl sites for hydroxylation is 3. The van der Waals surface area contributed by atoms with E-state index < -0.39 is 94.8 Å². The van der Waals surface area contributed by atoms with Gasteiger partial charge in [-0.1, -0.05) is 81.3 Å². The maximum Gasteiger partial charge on any atom is 0.408 e. The maximum atomic E-state index is 16.2. The number of carbonyl (C=O) groups is 7. The number of rotatable bonds is 21. The van der Waals surface area contributed by atoms with Crippen LogP contribution in [-0.4, -0.2) is 112 Å². The zero-order valence-electron chi connectivity index (χ0n) is 46.2. The number of likely N-dealkylation sites (tertiary alicyclic amines) is 1. The molecule has 1 aromatic heterocycles. The average molecular weight is 1130 g/mol. The monoisotopic (exact) mass is 1130 g/mol. The number of primary amides is 1. The lowest BCUT2D eigenvalue weighted by Crippen LogP contribution is -2.57. The van der Waals surface area contributed by atoms with E-state index in [0.29, 0.717) is 31.4 Å². The van der Waals surface area contributed by atoms with Gasteiger partial charge in [0.05, 0.1) is 40.0 Å². The molecule has 1 saturated heterocycles. The Hall–Kier alpha value is -6.64. The van der Waals surface area contributed by atoms with Crippen LogP contribution in [0.2, 0.25) is 5.02 Å². The number of hydrogen-bond acceptors (Lipinski definition) is 12. The van der Waals surface area contributed by atoms with Crippen molar-refractivity contribution < 1.29 is 52.5 Å². The average Bonchev–Trinajstić information content (AvgIpc) is 4.25. The normalized spacial score (nSPS) is 19.2. The molecule has 0 bridgehead atoms. The van der Waals surface area contributed by atoms with Gasteiger partial charge in [0.1, 0.15) is 36.4 Å². The standard InChI is InChI=1S/C58H74ClFN8O10S/c1-32(34-17-19-36(20-18-34)50-33(2)62-31-79-50)63-52(72)43-28-41(69)29-67(43)55(75)51(57(3,4)5)66-47(71)16-11-9-10-13-37-25-39(59)27-45(48(37)60)77-30-40(22-24-46(61)70)64-53(73)44-26-38-15-12-14-35-21-23-42(54(74)68(44)49(35)38)65-56(76)78-58(6,7)8/h12,14-15,17-20,25,27,31-32,40-44,51,69H,9-11,13,16,21-24,26,28-30H2,1-8H3,(H2,61,70)(H,63,72)(H,64,73)(H,65,76)(H,66,71)/t32-,40-,41+,42-,43?,44-,51+/m0/s1. The minimum absolute atomic E-state index is 0.0417. The van der Waals surface area contributed by atoms with Crippen LogP contribution in [0.1, 0.15) is 134 Å². The van der Waals surface area contributed by atoms with Crippen molar-refractivity contribution in [1.29, 1.82) is 0 Å². The van der Waals surface area contributed by atoms with Crippen LogP contribution in [0.25, 0.3) is 10.4 Å². The van der Waals surface area contributed by atoms with Crippen molar-refractivity contribution in [2.75, 3.05) is 18.1 Å². The van der Waals surface area contributed by atoms with Crippen molar-refractivity contribution in [1.82, 2.24) is 31.2 Å². The number of benzene rings is 3. The predicted octanol–water partition coefficient (Wildman–Crippen LogP) is 7.31. The number of amides is 7. The van der Waals surface area contributed by atoms with Gasteiger partial charge in [0.25, 0.3) is 0 Å². The Kier molecular flexibility index (Phi) is 19.5. The van der Waals surface area contributed by atoms with E-state index in [1.165, 1.54) is 21.9 Å². The molecule has 0 saturated carbocycles. The van der Waals surface area contributed by atoms with Gasteiger partial charge in [-0.25, -0.2) is 14.2 Å². The number of para-hydroxylation sites is 1. The SMILES string of the molecule is Cc1ncsc1-c1ccc([C@H](C)NC(=O)C2C[C@@H](O)CN2C(=O)[C@@H](NC(=O)CCCCCc2cc(Cl)cc(OC[C@H](CCC(N)=O)NC(=O)[C@@H]3Cc4cccc5c4N3C(=O)[C@@H](NC(=O)OC(C)(C)C)CC5)c2F)C(C)(C)C)cc1. The summed E-state index contributed by atoms with van der Waals surface area (Å²) in [5.74, 6) is -3.74. The Labute approximate surface area is 470 Å². The molecule has 7 N–H and O–H groups in total. The molecule has 7 atom stereocenters. The third-order valence-electron chi connectivity index (χ3n) is 14.4. The van der Waals surface area contributed by atoms with Gasteiger partial charge in [-0.05, 0) is 112 Å². The van der Waals surface area contributed by atoms with Crippen LogP contribution in [0.4, 0.5) is 14.9 Å². The van der Waals surface area contributed by atoms with Crippen LogP contribution in [0.15, 0.2) is 60.1 Å². The molecule has 0 aliphatic carbocycles. The number of unbranched alkanes of at least 4 members (excludes halogenated alkanes) is 2. The van der Waals surface area contributed by atoms with E-state index in [9.17, 15) is 38.7 Å². The number of β-amino-alcohol motifs (C(OH)–C–C–N with tert-alkyl or cyclic N) is 1. The number of carbonyl (C=O) groups excluding carboxylic acids is 7. The van der Waals surface area contributed by atoms with Gasteiger partial charge in [0.15, 0.2) is 11.6 Å². The van der Waals surface area contributed by atoms with Gasteiger partial charge >= 0.3 is 6.09 Å². The lowest BCUT2D eigenvalue weighted by atomic mass is 9.85. The minimum atomic E-state index is -1.01. The second-order valence-electron chi connectivity index (χ2n) is 22.9. The molecule has 426 valence electrons. The smallest absolute Gasteiger partial charge is 0.408 e. The molecule has 0 spiro atoms. The molecule has 3 aromatic carbocycles. The first-order chi connectivity index (χ1) is 37.3. The molecule has 21 heteroatoms. The summed E-state index contributed by atoms with van der Waals surface area (Å²) in [6.45, 7) is 14.1. The third kappa shape index (κ3) is 15.4. The Bertz CT molecular complexity index is 2910. The second-order valence-corrected chi connectivity index (χ2v) is 24.2. The number of aliphatic hydroxyl groups excluding tert-OH is 1. The van der Waals surface area contributed by atoms with Crippen molar-refractivity contribution in [2.45, 2.75) is 174 Å². The minimum Gasteiger partial charge on any atom is -0.488 e. The molecule has 3 aliphatic heterocycles. The first-order valence-electron chi connectivity index (χ1n) is 27.0. The summed E-state index contributed by atoms with van der Waals surface area (Å²) in [5, 5.41) is 22.4. The molecule has 18 nitrogen and oxygen atoms in total. The summed E-state index contributed by atoms with van der Waals surface area (Å²) < 4.78 is 27.6. The summed E-state index contributed by atoms with van der Waals surface area (Å²) in [5.41, 5.74) is 11.1. The number of hydrogen-bond donors (Lipinski definition) is 6. The van der Waals surface area contributed by atoms with Crippen LogP contribution in [0, 0.1) is 18.2 Å². The molecule has 4 aromatic rings. The summed E-state index contributed by atoms with van der Waals surface area (Å²) in [7, 11) is 0. The van der Waals surface area contributed by atoms with Crippen LogP contribution < -0.4 is 36.6 Å². The molecule has 3 aliphatic rings. The van der Waals surface area contributed by atoms with Crippen molar-refractivity contribution in [3.05, 3.63) is 98.9 Å². The Morgan fingerprint density at radius 3 is 2.32 bits per heavy atom. The molecule has 1 fully saturated rings. The quantitative estimate of drug-likeness (QED) is 0.0451. The molecule has 4 heterocycles. The number of alkyl carbamates (subject to hydrolysis) is 1. The fourth-order valence-corrected chi connectivity index (χ4v) is 11.4. The highest BCUT2D eigenvalue weighted by molar-refractivity contribution is 7.13. The summed E-state index contributed by atoms with van der Waals surface area (Å²) in [4.78, 5) is 103. The number of thiazole rings is 1. The Morgan fingerprint density at radius 2 is 1.65 bits per heavy atom.